The van der Waals surface area contributed by atoms with E-state index in [2.05, 4.69) is 12.0 Å². The Labute approximate surface area is 56.7 Å². The smallest absolute Gasteiger partial charge is 0.107 e. The molecule has 0 amide bonds. The van der Waals surface area contributed by atoms with Crippen molar-refractivity contribution in [3.63, 3.8) is 0 Å². The van der Waals surface area contributed by atoms with E-state index in [1.807, 2.05) is 13.0 Å². The number of hydrogen-bond acceptors (Lipinski definition) is 1. The largest absolute Gasteiger partial charge is 0.368 e. The standard InChI is InChI=1S/C8H12O/c1-3-5-6-8-9-7-4-2/h2-3,5H,6-8H2,1H3. The van der Waals surface area contributed by atoms with Gasteiger partial charge in [-0.25, -0.2) is 0 Å². The lowest BCUT2D eigenvalue weighted by atomic mass is 10.4. The molecule has 1 heteroatoms. The molecule has 0 unspecified atom stereocenters. The first-order chi connectivity index (χ1) is 4.41. The maximum absolute atomic E-state index is 5.00. The van der Waals surface area contributed by atoms with E-state index < -0.39 is 0 Å². The molecule has 0 radical (unpaired) electrons. The predicted octanol–water partition coefficient (Wildman–Crippen LogP) is 1.60. The summed E-state index contributed by atoms with van der Waals surface area (Å²) < 4.78 is 5.00. The molecule has 0 atom stereocenters. The van der Waals surface area contributed by atoms with Gasteiger partial charge in [-0.1, -0.05) is 18.1 Å². The molecule has 0 aliphatic carbocycles. The number of hydrogen-bond donors (Lipinski definition) is 0. The lowest BCUT2D eigenvalue weighted by Crippen LogP contribution is -1.91. The second-order valence-corrected chi connectivity index (χ2v) is 1.61. The third-order valence-electron chi connectivity index (χ3n) is 0.850. The first kappa shape index (κ1) is 8.26. The van der Waals surface area contributed by atoms with Crippen LogP contribution >= 0.6 is 0 Å². The van der Waals surface area contributed by atoms with Crippen LogP contribution in [0.2, 0.25) is 0 Å². The van der Waals surface area contributed by atoms with Crippen LogP contribution in [-0.2, 0) is 4.74 Å². The Hall–Kier alpha value is -0.740. The minimum absolute atomic E-state index is 0.428. The van der Waals surface area contributed by atoms with Crippen molar-refractivity contribution in [3.05, 3.63) is 12.2 Å². The molecule has 9 heavy (non-hydrogen) atoms. The van der Waals surface area contributed by atoms with Crippen LogP contribution in [0.5, 0.6) is 0 Å². The van der Waals surface area contributed by atoms with E-state index in [9.17, 15) is 0 Å². The number of terminal acetylenes is 1. The van der Waals surface area contributed by atoms with Crippen molar-refractivity contribution in [1.82, 2.24) is 0 Å². The van der Waals surface area contributed by atoms with Gasteiger partial charge in [-0.15, -0.1) is 6.42 Å². The molecule has 0 heterocycles. The summed E-state index contributed by atoms with van der Waals surface area (Å²) in [7, 11) is 0. The second-order valence-electron chi connectivity index (χ2n) is 1.61. The number of allylic oxidation sites excluding steroid dienone is 1. The highest BCUT2D eigenvalue weighted by atomic mass is 16.5. The summed E-state index contributed by atoms with van der Waals surface area (Å²) in [6.45, 7) is 3.15. The summed E-state index contributed by atoms with van der Waals surface area (Å²) in [4.78, 5) is 0. The van der Waals surface area contributed by atoms with Crippen molar-refractivity contribution in [2.45, 2.75) is 13.3 Å². The van der Waals surface area contributed by atoms with Gasteiger partial charge in [-0.05, 0) is 13.3 Å². The van der Waals surface area contributed by atoms with E-state index in [1.165, 1.54) is 0 Å². The molecular formula is C8H12O. The summed E-state index contributed by atoms with van der Waals surface area (Å²) in [6.07, 6.45) is 9.96. The zero-order chi connectivity index (χ0) is 6.95. The van der Waals surface area contributed by atoms with Crippen molar-refractivity contribution in [2.75, 3.05) is 13.2 Å². The summed E-state index contributed by atoms with van der Waals surface area (Å²) in [5, 5.41) is 0. The van der Waals surface area contributed by atoms with Crippen molar-refractivity contribution < 1.29 is 4.74 Å². The molecule has 0 N–H and O–H groups in total. The molecular weight excluding hydrogens is 112 g/mol. The van der Waals surface area contributed by atoms with Gasteiger partial charge in [-0.3, -0.25) is 0 Å². The molecule has 0 saturated carbocycles. The zero-order valence-corrected chi connectivity index (χ0v) is 5.76. The van der Waals surface area contributed by atoms with Crippen LogP contribution in [0.15, 0.2) is 12.2 Å². The van der Waals surface area contributed by atoms with Gasteiger partial charge in [0.1, 0.15) is 6.61 Å². The van der Waals surface area contributed by atoms with E-state index in [0.29, 0.717) is 6.61 Å². The van der Waals surface area contributed by atoms with Crippen LogP contribution in [0.3, 0.4) is 0 Å². The Morgan fingerprint density at radius 1 is 1.67 bits per heavy atom. The van der Waals surface area contributed by atoms with Crippen molar-refractivity contribution >= 4 is 0 Å². The number of ether oxygens (including phenoxy) is 1. The van der Waals surface area contributed by atoms with E-state index in [4.69, 9.17) is 11.2 Å². The van der Waals surface area contributed by atoms with E-state index >= 15 is 0 Å². The molecule has 0 aromatic heterocycles. The molecule has 0 rings (SSSR count). The molecule has 0 aliphatic heterocycles. The van der Waals surface area contributed by atoms with E-state index in [0.717, 1.165) is 13.0 Å². The van der Waals surface area contributed by atoms with Gasteiger partial charge < -0.3 is 4.74 Å². The first-order valence-corrected chi connectivity index (χ1v) is 3.04. The summed E-state index contributed by atoms with van der Waals surface area (Å²) in [6, 6.07) is 0. The molecule has 0 bridgehead atoms. The predicted molar refractivity (Wildman–Crippen MR) is 39.1 cm³/mol. The minimum atomic E-state index is 0.428. The fourth-order valence-electron chi connectivity index (χ4n) is 0.449. The lowest BCUT2D eigenvalue weighted by molar-refractivity contribution is 0.172. The normalized spacial score (nSPS) is 9.78. The molecule has 0 saturated heterocycles. The monoisotopic (exact) mass is 124 g/mol. The van der Waals surface area contributed by atoms with Crippen LogP contribution in [0.4, 0.5) is 0 Å². The summed E-state index contributed by atoms with van der Waals surface area (Å²) in [5.74, 6) is 2.40. The Bertz CT molecular complexity index is 108. The quantitative estimate of drug-likeness (QED) is 0.314. The van der Waals surface area contributed by atoms with Crippen molar-refractivity contribution in [2.24, 2.45) is 0 Å². The van der Waals surface area contributed by atoms with Crippen LogP contribution in [0.1, 0.15) is 13.3 Å². The van der Waals surface area contributed by atoms with Gasteiger partial charge in [0.2, 0.25) is 0 Å². The first-order valence-electron chi connectivity index (χ1n) is 3.04. The van der Waals surface area contributed by atoms with Crippen LogP contribution < -0.4 is 0 Å². The van der Waals surface area contributed by atoms with Crippen molar-refractivity contribution in [1.29, 1.82) is 0 Å². The Balaban J connectivity index is 2.85. The SMILES string of the molecule is C#CCOCCC=CC. The average molecular weight is 124 g/mol. The van der Waals surface area contributed by atoms with Crippen LogP contribution in [0.25, 0.3) is 0 Å². The maximum atomic E-state index is 5.00. The molecule has 0 spiro atoms. The van der Waals surface area contributed by atoms with Gasteiger partial charge in [0.05, 0.1) is 6.61 Å². The fourth-order valence-corrected chi connectivity index (χ4v) is 0.449. The minimum Gasteiger partial charge on any atom is -0.368 e. The van der Waals surface area contributed by atoms with E-state index in [-0.39, 0.29) is 0 Å². The molecule has 0 aromatic carbocycles. The molecule has 50 valence electrons. The molecule has 0 aliphatic rings. The van der Waals surface area contributed by atoms with Gasteiger partial charge in [0.25, 0.3) is 0 Å². The third kappa shape index (κ3) is 7.26. The van der Waals surface area contributed by atoms with Gasteiger partial charge in [0.15, 0.2) is 0 Å². The Morgan fingerprint density at radius 3 is 3.00 bits per heavy atom. The van der Waals surface area contributed by atoms with Crippen molar-refractivity contribution in [3.8, 4) is 12.3 Å². The Morgan fingerprint density at radius 2 is 2.44 bits per heavy atom. The molecule has 1 nitrogen and oxygen atoms in total. The number of rotatable bonds is 4. The highest BCUT2D eigenvalue weighted by Crippen LogP contribution is 1.83. The maximum Gasteiger partial charge on any atom is 0.107 e. The highest BCUT2D eigenvalue weighted by Gasteiger charge is 1.78. The fraction of sp³-hybridized carbons (Fsp3) is 0.500. The molecule has 0 aromatic rings. The third-order valence-corrected chi connectivity index (χ3v) is 0.850. The van der Waals surface area contributed by atoms with Gasteiger partial charge in [-0.2, -0.15) is 0 Å². The van der Waals surface area contributed by atoms with Gasteiger partial charge >= 0.3 is 0 Å². The van der Waals surface area contributed by atoms with Gasteiger partial charge in [0, 0.05) is 0 Å². The summed E-state index contributed by atoms with van der Waals surface area (Å²) >= 11 is 0. The second kappa shape index (κ2) is 7.26. The topological polar surface area (TPSA) is 9.23 Å². The molecule has 0 fully saturated rings. The summed E-state index contributed by atoms with van der Waals surface area (Å²) in [5.41, 5.74) is 0. The lowest BCUT2D eigenvalue weighted by Gasteiger charge is -1.93. The van der Waals surface area contributed by atoms with Crippen LogP contribution in [-0.4, -0.2) is 13.2 Å². The Kier molecular flexibility index (Phi) is 6.66. The highest BCUT2D eigenvalue weighted by molar-refractivity contribution is 4.83. The van der Waals surface area contributed by atoms with Crippen LogP contribution in [0, 0.1) is 12.3 Å². The average Bonchev–Trinajstić information content (AvgIpc) is 1.89. The zero-order valence-electron chi connectivity index (χ0n) is 5.76. The van der Waals surface area contributed by atoms with E-state index in [1.54, 1.807) is 0 Å².